The van der Waals surface area contributed by atoms with Gasteiger partial charge in [-0.15, -0.1) is 0 Å². The molecule has 0 saturated carbocycles. The summed E-state index contributed by atoms with van der Waals surface area (Å²) in [6.07, 6.45) is -0.840. The molecule has 0 aromatic heterocycles. The Morgan fingerprint density at radius 1 is 1.03 bits per heavy atom. The van der Waals surface area contributed by atoms with Gasteiger partial charge in [-0.25, -0.2) is 4.79 Å². The second kappa shape index (κ2) is 11.3. The molecule has 2 rings (SSSR count). The van der Waals surface area contributed by atoms with Crippen LogP contribution in [0.3, 0.4) is 0 Å². The van der Waals surface area contributed by atoms with E-state index in [2.05, 4.69) is 0 Å². The van der Waals surface area contributed by atoms with Gasteiger partial charge >= 0.3 is 5.97 Å². The summed E-state index contributed by atoms with van der Waals surface area (Å²) in [6.45, 7) is 3.84. The Morgan fingerprint density at radius 3 is 2.24 bits per heavy atom. The minimum absolute atomic E-state index is 0.169. The summed E-state index contributed by atoms with van der Waals surface area (Å²) in [7, 11) is 0. The van der Waals surface area contributed by atoms with Crippen LogP contribution in [0.4, 0.5) is 5.69 Å². The van der Waals surface area contributed by atoms with Gasteiger partial charge in [0.1, 0.15) is 11.5 Å². The summed E-state index contributed by atoms with van der Waals surface area (Å²) in [5.41, 5.74) is 0.640. The first-order valence-corrected chi connectivity index (χ1v) is 9.33. The summed E-state index contributed by atoms with van der Waals surface area (Å²) in [5.74, 6) is 0.137. The first kappa shape index (κ1) is 21.8. The number of carbonyl (C=O) groups is 2. The molecule has 0 heterocycles. The Bertz CT molecular complexity index is 831. The van der Waals surface area contributed by atoms with E-state index in [4.69, 9.17) is 19.5 Å². The van der Waals surface area contributed by atoms with Gasteiger partial charge in [0.15, 0.2) is 12.7 Å². The summed E-state index contributed by atoms with van der Waals surface area (Å²) < 4.78 is 16.0. The van der Waals surface area contributed by atoms with E-state index in [-0.39, 0.29) is 19.6 Å². The number of carbonyl (C=O) groups excluding carboxylic acids is 2. The van der Waals surface area contributed by atoms with E-state index in [0.29, 0.717) is 23.8 Å². The normalized spacial score (nSPS) is 11.1. The maximum absolute atomic E-state index is 12.7. The van der Waals surface area contributed by atoms with Crippen LogP contribution in [0.25, 0.3) is 0 Å². The molecule has 2 aromatic rings. The molecular formula is C22H24N2O5. The molecule has 0 spiro atoms. The van der Waals surface area contributed by atoms with Crippen molar-refractivity contribution in [3.05, 3.63) is 54.6 Å². The lowest BCUT2D eigenvalue weighted by molar-refractivity contribution is -0.155. The molecule has 0 N–H and O–H groups in total. The number of para-hydroxylation sites is 1. The Morgan fingerprint density at radius 2 is 1.66 bits per heavy atom. The molecule has 152 valence electrons. The lowest BCUT2D eigenvalue weighted by Gasteiger charge is -2.25. The number of nitriles is 1. The monoisotopic (exact) mass is 396 g/mol. The molecule has 0 fully saturated rings. The summed E-state index contributed by atoms with van der Waals surface area (Å²) >= 11 is 0. The van der Waals surface area contributed by atoms with Crippen LogP contribution in [0.5, 0.6) is 11.5 Å². The summed E-state index contributed by atoms with van der Waals surface area (Å²) in [6, 6.07) is 17.8. The van der Waals surface area contributed by atoms with E-state index in [9.17, 15) is 9.59 Å². The van der Waals surface area contributed by atoms with Crippen LogP contribution in [0.1, 0.15) is 20.3 Å². The van der Waals surface area contributed by atoms with Gasteiger partial charge < -0.3 is 19.1 Å². The van der Waals surface area contributed by atoms with Crippen molar-refractivity contribution < 1.29 is 23.8 Å². The van der Waals surface area contributed by atoms with Crippen molar-refractivity contribution in [3.8, 4) is 17.6 Å². The standard InChI is InChI=1S/C22H24N2O5/c1-3-27-19-10-12-20(13-11-19)28-16-21(25)29-17(2)22(26)24(15-7-14-23)18-8-5-4-6-9-18/h4-6,8-13,17H,3,7,15-16H2,1-2H3. The van der Waals surface area contributed by atoms with Gasteiger partial charge in [-0.05, 0) is 50.2 Å². The van der Waals surface area contributed by atoms with Crippen LogP contribution in [0.15, 0.2) is 54.6 Å². The van der Waals surface area contributed by atoms with Crippen LogP contribution in [0, 0.1) is 11.3 Å². The first-order chi connectivity index (χ1) is 14.0. The van der Waals surface area contributed by atoms with Gasteiger partial charge in [0, 0.05) is 12.2 Å². The fraction of sp³-hybridized carbons (Fsp3) is 0.318. The minimum atomic E-state index is -1.01. The number of rotatable bonds is 10. The lowest BCUT2D eigenvalue weighted by atomic mass is 10.2. The van der Waals surface area contributed by atoms with Crippen LogP contribution >= 0.6 is 0 Å². The minimum Gasteiger partial charge on any atom is -0.494 e. The summed E-state index contributed by atoms with van der Waals surface area (Å²) in [4.78, 5) is 26.3. The Balaban J connectivity index is 1.91. The van der Waals surface area contributed by atoms with Crippen molar-refractivity contribution >= 4 is 17.6 Å². The number of amides is 1. The van der Waals surface area contributed by atoms with Crippen LogP contribution in [-0.4, -0.2) is 37.7 Å². The molecule has 0 aliphatic carbocycles. The number of nitrogens with zero attached hydrogens (tertiary/aromatic N) is 2. The van der Waals surface area contributed by atoms with Gasteiger partial charge in [0.2, 0.25) is 0 Å². The fourth-order valence-electron chi connectivity index (χ4n) is 2.58. The largest absolute Gasteiger partial charge is 0.494 e. The number of esters is 1. The highest BCUT2D eigenvalue weighted by atomic mass is 16.6. The number of hydrogen-bond acceptors (Lipinski definition) is 6. The van der Waals surface area contributed by atoms with E-state index in [1.165, 1.54) is 11.8 Å². The van der Waals surface area contributed by atoms with Crippen molar-refractivity contribution in [1.82, 2.24) is 0 Å². The van der Waals surface area contributed by atoms with E-state index < -0.39 is 18.0 Å². The van der Waals surface area contributed by atoms with Crippen molar-refractivity contribution in [2.24, 2.45) is 0 Å². The van der Waals surface area contributed by atoms with Crippen molar-refractivity contribution in [2.75, 3.05) is 24.7 Å². The zero-order valence-electron chi connectivity index (χ0n) is 16.5. The van der Waals surface area contributed by atoms with Gasteiger partial charge in [0.25, 0.3) is 5.91 Å². The van der Waals surface area contributed by atoms with Crippen LogP contribution < -0.4 is 14.4 Å². The molecule has 1 atom stereocenters. The second-order valence-electron chi connectivity index (χ2n) is 6.06. The van der Waals surface area contributed by atoms with Gasteiger partial charge in [0.05, 0.1) is 19.1 Å². The number of hydrogen-bond donors (Lipinski definition) is 0. The van der Waals surface area contributed by atoms with Gasteiger partial charge in [-0.3, -0.25) is 4.79 Å². The SMILES string of the molecule is CCOc1ccc(OCC(=O)OC(C)C(=O)N(CCC#N)c2ccccc2)cc1. The quantitative estimate of drug-likeness (QED) is 0.572. The Labute approximate surface area is 170 Å². The fourth-order valence-corrected chi connectivity index (χ4v) is 2.58. The second-order valence-corrected chi connectivity index (χ2v) is 6.06. The average Bonchev–Trinajstić information content (AvgIpc) is 2.74. The molecule has 0 aliphatic rings. The molecule has 2 aromatic carbocycles. The number of benzene rings is 2. The van der Waals surface area contributed by atoms with Crippen molar-refractivity contribution in [2.45, 2.75) is 26.4 Å². The maximum Gasteiger partial charge on any atom is 0.344 e. The van der Waals surface area contributed by atoms with E-state index >= 15 is 0 Å². The molecule has 0 aliphatic heterocycles. The number of anilines is 1. The predicted molar refractivity (Wildman–Crippen MR) is 108 cm³/mol. The third kappa shape index (κ3) is 6.85. The number of ether oxygens (including phenoxy) is 3. The van der Waals surface area contributed by atoms with E-state index in [1.54, 1.807) is 48.5 Å². The highest BCUT2D eigenvalue weighted by Crippen LogP contribution is 2.18. The van der Waals surface area contributed by atoms with Gasteiger partial charge in [-0.2, -0.15) is 5.26 Å². The van der Waals surface area contributed by atoms with Crippen molar-refractivity contribution in [1.29, 1.82) is 5.26 Å². The van der Waals surface area contributed by atoms with E-state index in [0.717, 1.165) is 0 Å². The first-order valence-electron chi connectivity index (χ1n) is 9.33. The van der Waals surface area contributed by atoms with Crippen LogP contribution in [-0.2, 0) is 14.3 Å². The molecule has 29 heavy (non-hydrogen) atoms. The maximum atomic E-state index is 12.7. The molecule has 0 saturated heterocycles. The smallest absolute Gasteiger partial charge is 0.344 e. The molecule has 1 amide bonds. The van der Waals surface area contributed by atoms with Crippen molar-refractivity contribution in [3.63, 3.8) is 0 Å². The highest BCUT2D eigenvalue weighted by Gasteiger charge is 2.25. The molecule has 7 nitrogen and oxygen atoms in total. The molecule has 1 unspecified atom stereocenters. The van der Waals surface area contributed by atoms with Gasteiger partial charge in [-0.1, -0.05) is 18.2 Å². The molecule has 7 heteroatoms. The zero-order chi connectivity index (χ0) is 21.1. The molecular weight excluding hydrogens is 372 g/mol. The molecule has 0 radical (unpaired) electrons. The van der Waals surface area contributed by atoms with E-state index in [1.807, 2.05) is 19.1 Å². The third-order valence-corrected chi connectivity index (χ3v) is 3.93. The zero-order valence-corrected chi connectivity index (χ0v) is 16.5. The topological polar surface area (TPSA) is 88.9 Å². The third-order valence-electron chi connectivity index (χ3n) is 3.93. The Kier molecular flexibility index (Phi) is 8.51. The molecule has 0 bridgehead atoms. The Hall–Kier alpha value is -3.53. The highest BCUT2D eigenvalue weighted by molar-refractivity contribution is 5.97. The van der Waals surface area contributed by atoms with Crippen LogP contribution in [0.2, 0.25) is 0 Å². The average molecular weight is 396 g/mol. The lowest BCUT2D eigenvalue weighted by Crippen LogP contribution is -2.41. The summed E-state index contributed by atoms with van der Waals surface area (Å²) in [5, 5.41) is 8.86. The predicted octanol–water partition coefficient (Wildman–Crippen LogP) is 3.34.